The van der Waals surface area contributed by atoms with E-state index in [-0.39, 0.29) is 18.1 Å². The molecule has 0 aliphatic heterocycles. The molecule has 0 saturated carbocycles. The highest BCUT2D eigenvalue weighted by Crippen LogP contribution is 2.24. The molecule has 2 rings (SSSR count). The number of hydrogen-bond donors (Lipinski definition) is 0. The number of halogens is 2. The van der Waals surface area contributed by atoms with Gasteiger partial charge in [-0.25, -0.2) is 4.39 Å². The average molecular weight is 337 g/mol. The standard InChI is InChI=1S/C19H22ClFO2/c1-13(2)19(22-12-15-7-5-4-6-8-15)14(3)23-18-10-16(20)9-17(21)11-18/h4-11,13-14,19H,12H2,1-3H3/t14-,19?/m0/s1. The zero-order valence-electron chi connectivity index (χ0n) is 13.6. The molecule has 0 radical (unpaired) electrons. The van der Waals surface area contributed by atoms with Gasteiger partial charge in [0.25, 0.3) is 0 Å². The fraction of sp³-hybridized carbons (Fsp3) is 0.368. The highest BCUT2D eigenvalue weighted by atomic mass is 35.5. The van der Waals surface area contributed by atoms with E-state index in [0.717, 1.165) is 5.56 Å². The molecule has 1 unspecified atom stereocenters. The van der Waals surface area contributed by atoms with Gasteiger partial charge in [0.15, 0.2) is 0 Å². The van der Waals surface area contributed by atoms with E-state index in [1.807, 2.05) is 37.3 Å². The lowest BCUT2D eigenvalue weighted by molar-refractivity contribution is -0.0528. The lowest BCUT2D eigenvalue weighted by atomic mass is 10.0. The molecule has 2 aromatic carbocycles. The fourth-order valence-corrected chi connectivity index (χ4v) is 2.73. The van der Waals surface area contributed by atoms with Crippen molar-refractivity contribution in [1.82, 2.24) is 0 Å². The normalized spacial score (nSPS) is 13.8. The van der Waals surface area contributed by atoms with Gasteiger partial charge in [-0.3, -0.25) is 0 Å². The molecule has 0 saturated heterocycles. The van der Waals surface area contributed by atoms with E-state index >= 15 is 0 Å². The van der Waals surface area contributed by atoms with Crippen LogP contribution in [0.3, 0.4) is 0 Å². The average Bonchev–Trinajstić information content (AvgIpc) is 2.47. The third kappa shape index (κ3) is 5.52. The Hall–Kier alpha value is -1.58. The Morgan fingerprint density at radius 3 is 2.35 bits per heavy atom. The molecule has 0 bridgehead atoms. The van der Waals surface area contributed by atoms with Crippen LogP contribution in [0.1, 0.15) is 26.3 Å². The van der Waals surface area contributed by atoms with E-state index in [2.05, 4.69) is 13.8 Å². The van der Waals surface area contributed by atoms with Gasteiger partial charge in [-0.05, 0) is 30.5 Å². The van der Waals surface area contributed by atoms with Gasteiger partial charge in [-0.15, -0.1) is 0 Å². The molecule has 0 N–H and O–H groups in total. The summed E-state index contributed by atoms with van der Waals surface area (Å²) in [6.45, 7) is 6.60. The van der Waals surface area contributed by atoms with Crippen LogP contribution in [-0.4, -0.2) is 12.2 Å². The second-order valence-corrected chi connectivity index (χ2v) is 6.37. The first-order valence-corrected chi connectivity index (χ1v) is 8.12. The van der Waals surface area contributed by atoms with Crippen LogP contribution in [0, 0.1) is 11.7 Å². The molecule has 0 fully saturated rings. The van der Waals surface area contributed by atoms with Crippen LogP contribution in [0.4, 0.5) is 4.39 Å². The monoisotopic (exact) mass is 336 g/mol. The SMILES string of the molecule is CC(C)C(OCc1ccccc1)[C@H](C)Oc1cc(F)cc(Cl)c1. The maximum atomic E-state index is 13.4. The van der Waals surface area contributed by atoms with Gasteiger partial charge in [-0.1, -0.05) is 55.8 Å². The van der Waals surface area contributed by atoms with Crippen molar-refractivity contribution in [3.8, 4) is 5.75 Å². The Morgan fingerprint density at radius 1 is 1.04 bits per heavy atom. The van der Waals surface area contributed by atoms with Crippen LogP contribution in [0.15, 0.2) is 48.5 Å². The first-order valence-electron chi connectivity index (χ1n) is 7.74. The van der Waals surface area contributed by atoms with Crippen LogP contribution in [-0.2, 0) is 11.3 Å². The topological polar surface area (TPSA) is 18.5 Å². The first-order chi connectivity index (χ1) is 11.0. The number of benzene rings is 2. The molecule has 0 heterocycles. The Balaban J connectivity index is 2.01. The summed E-state index contributed by atoms with van der Waals surface area (Å²) in [5, 5.41) is 0.318. The van der Waals surface area contributed by atoms with Crippen molar-refractivity contribution in [2.75, 3.05) is 0 Å². The van der Waals surface area contributed by atoms with Gasteiger partial charge in [0.2, 0.25) is 0 Å². The predicted octanol–water partition coefficient (Wildman–Crippen LogP) is 5.49. The van der Waals surface area contributed by atoms with E-state index in [1.54, 1.807) is 6.07 Å². The molecule has 23 heavy (non-hydrogen) atoms. The van der Waals surface area contributed by atoms with E-state index in [4.69, 9.17) is 21.1 Å². The Morgan fingerprint density at radius 2 is 1.74 bits per heavy atom. The summed E-state index contributed by atoms with van der Waals surface area (Å²) in [6.07, 6.45) is -0.339. The molecular weight excluding hydrogens is 315 g/mol. The van der Waals surface area contributed by atoms with Crippen molar-refractivity contribution >= 4 is 11.6 Å². The number of rotatable bonds is 7. The molecule has 2 atom stereocenters. The maximum absolute atomic E-state index is 13.4. The molecule has 0 aromatic heterocycles. The Kier molecular flexibility index (Phi) is 6.43. The third-order valence-corrected chi connectivity index (χ3v) is 3.78. The molecule has 2 aromatic rings. The zero-order chi connectivity index (χ0) is 16.8. The molecular formula is C19H22ClFO2. The summed E-state index contributed by atoms with van der Waals surface area (Å²) in [5.74, 6) is 0.264. The quantitative estimate of drug-likeness (QED) is 0.665. The maximum Gasteiger partial charge on any atom is 0.128 e. The highest BCUT2D eigenvalue weighted by Gasteiger charge is 2.23. The van der Waals surface area contributed by atoms with Gasteiger partial charge in [-0.2, -0.15) is 0 Å². The molecule has 2 nitrogen and oxygen atoms in total. The second-order valence-electron chi connectivity index (χ2n) is 5.93. The van der Waals surface area contributed by atoms with Gasteiger partial charge >= 0.3 is 0 Å². The summed E-state index contributed by atoms with van der Waals surface area (Å²) in [7, 11) is 0. The van der Waals surface area contributed by atoms with Gasteiger partial charge in [0.1, 0.15) is 17.7 Å². The molecule has 0 amide bonds. The van der Waals surface area contributed by atoms with E-state index in [9.17, 15) is 4.39 Å². The largest absolute Gasteiger partial charge is 0.488 e. The minimum atomic E-state index is -0.411. The van der Waals surface area contributed by atoms with Crippen molar-refractivity contribution in [2.24, 2.45) is 5.92 Å². The van der Waals surface area contributed by atoms with Gasteiger partial charge < -0.3 is 9.47 Å². The Bertz CT molecular complexity index is 596. The summed E-state index contributed by atoms with van der Waals surface area (Å²) in [5.41, 5.74) is 1.11. The lowest BCUT2D eigenvalue weighted by Gasteiger charge is -2.28. The molecule has 124 valence electrons. The van der Waals surface area contributed by atoms with Gasteiger partial charge in [0.05, 0.1) is 12.7 Å². The minimum Gasteiger partial charge on any atom is -0.488 e. The summed E-state index contributed by atoms with van der Waals surface area (Å²) < 4.78 is 25.3. The van der Waals surface area contributed by atoms with Crippen molar-refractivity contribution in [3.63, 3.8) is 0 Å². The van der Waals surface area contributed by atoms with Crippen molar-refractivity contribution in [1.29, 1.82) is 0 Å². The third-order valence-electron chi connectivity index (χ3n) is 3.56. The molecule has 0 aliphatic carbocycles. The summed E-state index contributed by atoms with van der Waals surface area (Å²) >= 11 is 5.87. The first kappa shape index (κ1) is 17.8. The predicted molar refractivity (Wildman–Crippen MR) is 91.4 cm³/mol. The van der Waals surface area contributed by atoms with Crippen LogP contribution in [0.2, 0.25) is 5.02 Å². The molecule has 0 aliphatic rings. The van der Waals surface area contributed by atoms with E-state index in [0.29, 0.717) is 17.4 Å². The van der Waals surface area contributed by atoms with Crippen molar-refractivity contribution in [3.05, 3.63) is 64.9 Å². The number of ether oxygens (including phenoxy) is 2. The zero-order valence-corrected chi connectivity index (χ0v) is 14.4. The van der Waals surface area contributed by atoms with E-state index in [1.165, 1.54) is 12.1 Å². The molecule has 0 spiro atoms. The van der Waals surface area contributed by atoms with Gasteiger partial charge in [0, 0.05) is 11.1 Å². The lowest BCUT2D eigenvalue weighted by Crippen LogP contribution is -2.35. The fourth-order valence-electron chi connectivity index (χ4n) is 2.51. The van der Waals surface area contributed by atoms with Crippen LogP contribution >= 0.6 is 11.6 Å². The van der Waals surface area contributed by atoms with Crippen molar-refractivity contribution in [2.45, 2.75) is 39.6 Å². The van der Waals surface area contributed by atoms with Crippen LogP contribution in [0.25, 0.3) is 0 Å². The second kappa shape index (κ2) is 8.32. The van der Waals surface area contributed by atoms with Crippen LogP contribution < -0.4 is 4.74 Å². The smallest absolute Gasteiger partial charge is 0.128 e. The summed E-state index contributed by atoms with van der Waals surface area (Å²) in [4.78, 5) is 0. The summed E-state index contributed by atoms with van der Waals surface area (Å²) in [6, 6.07) is 14.2. The molecule has 4 heteroatoms. The van der Waals surface area contributed by atoms with E-state index < -0.39 is 5.82 Å². The van der Waals surface area contributed by atoms with Crippen molar-refractivity contribution < 1.29 is 13.9 Å². The number of hydrogen-bond acceptors (Lipinski definition) is 2. The Labute approximate surface area is 142 Å². The minimum absolute atomic E-state index is 0.114. The van der Waals surface area contributed by atoms with Crippen LogP contribution in [0.5, 0.6) is 5.75 Å². The highest BCUT2D eigenvalue weighted by molar-refractivity contribution is 6.30.